The van der Waals surface area contributed by atoms with Gasteiger partial charge in [-0.15, -0.1) is 0 Å². The molecule has 4 unspecified atom stereocenters. The Hall–Kier alpha value is 0.200. The summed E-state index contributed by atoms with van der Waals surface area (Å²) in [6, 6.07) is 0. The zero-order valence-electron chi connectivity index (χ0n) is 27.9. The van der Waals surface area contributed by atoms with Gasteiger partial charge in [-0.25, -0.2) is 0 Å². The van der Waals surface area contributed by atoms with Crippen molar-refractivity contribution in [2.45, 2.75) is 162 Å². The first-order chi connectivity index (χ1) is 20.6. The maximum atomic E-state index is 12.2. The number of ether oxygens (including phenoxy) is 2. The number of rotatable bonds is 28. The van der Waals surface area contributed by atoms with Crippen LogP contribution >= 0.6 is 9.03 Å². The van der Waals surface area contributed by atoms with Crippen LogP contribution in [-0.4, -0.2) is 84.4 Å². The van der Waals surface area contributed by atoms with E-state index < -0.39 is 33.7 Å². The Bertz CT molecular complexity index is 744. The molecule has 0 bridgehead atoms. The van der Waals surface area contributed by atoms with Crippen LogP contribution in [0.25, 0.3) is 0 Å². The van der Waals surface area contributed by atoms with Crippen LogP contribution in [0.5, 0.6) is 0 Å². The molecule has 0 radical (unpaired) electrons. The number of esters is 2. The first kappa shape index (κ1) is 48.6. The maximum absolute atomic E-state index is 12.2. The van der Waals surface area contributed by atoms with Crippen molar-refractivity contribution in [1.29, 1.82) is 0 Å². The summed E-state index contributed by atoms with van der Waals surface area (Å²) in [5.74, 6) is -1.61. The molecule has 260 valence electrons. The third-order valence-corrected chi connectivity index (χ3v) is 9.08. The van der Waals surface area contributed by atoms with Crippen molar-refractivity contribution in [2.75, 3.05) is 19.8 Å². The molecule has 2 N–H and O–H groups in total. The first-order valence-electron chi connectivity index (χ1n) is 16.9. The van der Waals surface area contributed by atoms with E-state index >= 15 is 0 Å². The van der Waals surface area contributed by atoms with Crippen molar-refractivity contribution in [3.63, 3.8) is 0 Å². The summed E-state index contributed by atoms with van der Waals surface area (Å²) in [6.07, 6.45) is 20.2. The van der Waals surface area contributed by atoms with E-state index in [0.717, 1.165) is 64.4 Å². The van der Waals surface area contributed by atoms with Gasteiger partial charge >= 0.3 is 41.5 Å². The summed E-state index contributed by atoms with van der Waals surface area (Å²) >= 11 is 0. The summed E-state index contributed by atoms with van der Waals surface area (Å²) in [5, 5.41) is -1.95. The van der Waals surface area contributed by atoms with Gasteiger partial charge in [0.15, 0.2) is 14.3 Å². The monoisotopic (exact) mass is 680 g/mol. The molecule has 0 spiro atoms. The van der Waals surface area contributed by atoms with Crippen molar-refractivity contribution in [3.05, 3.63) is 0 Å². The van der Waals surface area contributed by atoms with Crippen molar-refractivity contribution in [2.24, 2.45) is 11.8 Å². The molecule has 0 saturated heterocycles. The van der Waals surface area contributed by atoms with Crippen molar-refractivity contribution < 1.29 is 41.5 Å². The molecule has 0 aromatic heterocycles. The normalized spacial score (nSPS) is 13.4. The predicted octanol–water partition coefficient (Wildman–Crippen LogP) is 7.93. The molecular weight excluding hydrogens is 614 g/mol. The Balaban J connectivity index is -0.000000890. The standard InChI is InChI=1S/C20H38O7S.C12H27O2P.Na.H/c1-5-9-11-16(7-3)14-26-19(21)13-18(28(23,24)25)20(22)27-15-17(8-4)12-10-6-2;1-2-3-4-5-6-7-8-9-10-11-12-14-15-13;;/h16-18H,5-15H2,1-4H3,(H,23,24,25);13,15H,2-12H2,1H3;;. The second-order valence-corrected chi connectivity index (χ2v) is 13.5. The minimum absolute atomic E-state index is 0. The van der Waals surface area contributed by atoms with Gasteiger partial charge < -0.3 is 18.9 Å². The minimum atomic E-state index is -4.76. The fourth-order valence-corrected chi connectivity index (χ4v) is 5.42. The van der Waals surface area contributed by atoms with Gasteiger partial charge in [0.2, 0.25) is 0 Å². The van der Waals surface area contributed by atoms with Crippen LogP contribution in [0, 0.1) is 11.8 Å². The summed E-state index contributed by atoms with van der Waals surface area (Å²) in [6.45, 7) is 11.3. The second kappa shape index (κ2) is 34.5. The Morgan fingerprint density at radius 3 is 1.52 bits per heavy atom. The zero-order chi connectivity index (χ0) is 32.8. The van der Waals surface area contributed by atoms with E-state index in [0.29, 0.717) is 0 Å². The SMILES string of the molecule is CCCCC(CC)COC(=O)CC(C(=O)OCC(CC)CCCC)S(=O)(=O)O.CCCCCCCCCCCCOPO.[NaH]. The average molecular weight is 681 g/mol. The van der Waals surface area contributed by atoms with Gasteiger partial charge in [0.1, 0.15) is 0 Å². The molecule has 4 atom stereocenters. The van der Waals surface area contributed by atoms with Crippen molar-refractivity contribution in [1.82, 2.24) is 0 Å². The Kier molecular flexibility index (Phi) is 38.1. The number of unbranched alkanes of at least 4 members (excludes halogenated alkanes) is 11. The molecule has 0 heterocycles. The van der Waals surface area contributed by atoms with Gasteiger partial charge in [0.05, 0.1) is 26.2 Å². The summed E-state index contributed by atoms with van der Waals surface area (Å²) in [4.78, 5) is 32.6. The Morgan fingerprint density at radius 2 is 1.11 bits per heavy atom. The molecule has 0 fully saturated rings. The molecule has 12 heteroatoms. The van der Waals surface area contributed by atoms with Crippen LogP contribution in [0.4, 0.5) is 0 Å². The first-order valence-corrected chi connectivity index (χ1v) is 19.3. The predicted molar refractivity (Wildman–Crippen MR) is 184 cm³/mol. The van der Waals surface area contributed by atoms with Crippen LogP contribution in [0.1, 0.15) is 157 Å². The molecule has 0 amide bonds. The molecule has 0 aliphatic carbocycles. The van der Waals surface area contributed by atoms with Crippen LogP contribution in [-0.2, 0) is 33.7 Å². The third-order valence-electron chi connectivity index (χ3n) is 7.67. The van der Waals surface area contributed by atoms with Crippen LogP contribution in [0.3, 0.4) is 0 Å². The molecular formula is C32H66NaO9PS. The van der Waals surface area contributed by atoms with E-state index in [9.17, 15) is 22.6 Å². The van der Waals surface area contributed by atoms with Gasteiger partial charge in [-0.05, 0) is 31.1 Å². The van der Waals surface area contributed by atoms with Crippen molar-refractivity contribution >= 4 is 60.6 Å². The molecule has 0 aromatic rings. The van der Waals surface area contributed by atoms with E-state index in [-0.39, 0.29) is 63.6 Å². The fourth-order valence-electron chi connectivity index (χ4n) is 4.53. The number of carbonyl (C=O) groups is 2. The summed E-state index contributed by atoms with van der Waals surface area (Å²) in [5.41, 5.74) is 0. The van der Waals surface area contributed by atoms with Gasteiger partial charge in [0, 0.05) is 0 Å². The van der Waals surface area contributed by atoms with Gasteiger partial charge in [-0.3, -0.25) is 14.1 Å². The average Bonchev–Trinajstić information content (AvgIpc) is 2.98. The van der Waals surface area contributed by atoms with E-state index in [1.165, 1.54) is 57.8 Å². The molecule has 0 rings (SSSR count). The number of carbonyl (C=O) groups excluding carboxylic acids is 2. The van der Waals surface area contributed by atoms with Crippen LogP contribution < -0.4 is 0 Å². The summed E-state index contributed by atoms with van der Waals surface area (Å²) < 4.78 is 47.6. The molecule has 44 heavy (non-hydrogen) atoms. The molecule has 9 nitrogen and oxygen atoms in total. The van der Waals surface area contributed by atoms with Crippen molar-refractivity contribution in [3.8, 4) is 0 Å². The molecule has 0 aromatic carbocycles. The number of hydrogen-bond donors (Lipinski definition) is 2. The summed E-state index contributed by atoms with van der Waals surface area (Å²) in [7, 11) is -5.09. The van der Waals surface area contributed by atoms with E-state index in [1.54, 1.807) is 0 Å². The quantitative estimate of drug-likeness (QED) is 0.0278. The second-order valence-electron chi connectivity index (χ2n) is 11.5. The fraction of sp³-hybridized carbons (Fsp3) is 0.938. The van der Waals surface area contributed by atoms with E-state index in [4.69, 9.17) is 18.9 Å². The van der Waals surface area contributed by atoms with E-state index in [2.05, 4.69) is 20.8 Å². The van der Waals surface area contributed by atoms with Gasteiger partial charge in [-0.2, -0.15) is 8.42 Å². The van der Waals surface area contributed by atoms with Gasteiger partial charge in [-0.1, -0.05) is 131 Å². The number of hydrogen-bond acceptors (Lipinski definition) is 8. The molecule has 0 aliphatic heterocycles. The van der Waals surface area contributed by atoms with Crippen LogP contribution in [0.15, 0.2) is 0 Å². The zero-order valence-corrected chi connectivity index (χ0v) is 29.8. The Morgan fingerprint density at radius 1 is 0.682 bits per heavy atom. The van der Waals surface area contributed by atoms with E-state index in [1.807, 2.05) is 13.8 Å². The van der Waals surface area contributed by atoms with Gasteiger partial charge in [0.25, 0.3) is 10.1 Å². The third kappa shape index (κ3) is 30.8. The molecule has 0 saturated carbocycles. The Labute approximate surface area is 294 Å². The van der Waals surface area contributed by atoms with Crippen LogP contribution in [0.2, 0.25) is 0 Å². The molecule has 0 aliphatic rings. The topological polar surface area (TPSA) is 136 Å².